The number of methoxy groups -OCH3 is 3. The summed E-state index contributed by atoms with van der Waals surface area (Å²) in [6.45, 7) is 7.48. The molecule has 0 aliphatic heterocycles. The molecule has 2 N–H and O–H groups in total. The third-order valence-corrected chi connectivity index (χ3v) is 6.66. The fourth-order valence-electron chi connectivity index (χ4n) is 4.07. The summed E-state index contributed by atoms with van der Waals surface area (Å²) in [7, 11) is 4.53. The summed E-state index contributed by atoms with van der Waals surface area (Å²) in [4.78, 5) is 42.1. The Labute approximate surface area is 240 Å². The number of hydrogen-bond acceptors (Lipinski definition) is 8. The van der Waals surface area contributed by atoms with Crippen LogP contribution in [0.3, 0.4) is 0 Å². The molecular weight excluding hydrogens is 528 g/mol. The summed E-state index contributed by atoms with van der Waals surface area (Å²) < 4.78 is 21.3. The zero-order chi connectivity index (χ0) is 30.2. The summed E-state index contributed by atoms with van der Waals surface area (Å²) in [6.07, 6.45) is 0.289. The summed E-state index contributed by atoms with van der Waals surface area (Å²) in [6, 6.07) is 12.4. The van der Waals surface area contributed by atoms with Gasteiger partial charge in [0.25, 0.3) is 0 Å². The predicted octanol–water partition coefficient (Wildman–Crippen LogP) is 4.81. The van der Waals surface area contributed by atoms with E-state index in [-0.39, 0.29) is 18.7 Å². The molecule has 0 bridgehead atoms. The number of amides is 3. The number of rotatable bonds is 13. The number of ether oxygens (including phenoxy) is 3. The molecular formula is C30H38N4O7. The van der Waals surface area contributed by atoms with Gasteiger partial charge in [0, 0.05) is 30.5 Å². The van der Waals surface area contributed by atoms with Crippen molar-refractivity contribution in [2.75, 3.05) is 31.5 Å². The van der Waals surface area contributed by atoms with E-state index in [9.17, 15) is 14.4 Å². The van der Waals surface area contributed by atoms with Gasteiger partial charge < -0.3 is 29.4 Å². The van der Waals surface area contributed by atoms with Gasteiger partial charge in [-0.2, -0.15) is 0 Å². The molecule has 0 radical (unpaired) electrons. The van der Waals surface area contributed by atoms with Crippen molar-refractivity contribution in [3.8, 4) is 17.2 Å². The van der Waals surface area contributed by atoms with Crippen molar-refractivity contribution in [1.29, 1.82) is 0 Å². The minimum absolute atomic E-state index is 0.162. The molecule has 1 aromatic heterocycles. The van der Waals surface area contributed by atoms with E-state index in [1.165, 1.54) is 19.1 Å². The van der Waals surface area contributed by atoms with Crippen LogP contribution in [0.2, 0.25) is 0 Å². The molecule has 220 valence electrons. The summed E-state index contributed by atoms with van der Waals surface area (Å²) in [5.41, 5.74) is 0.301. The number of carbonyl (C=O) groups is 3. The highest BCUT2D eigenvalue weighted by Gasteiger charge is 2.36. The number of benzene rings is 2. The van der Waals surface area contributed by atoms with E-state index in [1.807, 2.05) is 20.8 Å². The average molecular weight is 567 g/mol. The first-order chi connectivity index (χ1) is 19.5. The molecule has 3 rings (SSSR count). The Morgan fingerprint density at radius 2 is 1.61 bits per heavy atom. The van der Waals surface area contributed by atoms with Gasteiger partial charge in [-0.15, -0.1) is 0 Å². The highest BCUT2D eigenvalue weighted by Crippen LogP contribution is 2.39. The molecule has 1 heterocycles. The van der Waals surface area contributed by atoms with Crippen LogP contribution >= 0.6 is 0 Å². The van der Waals surface area contributed by atoms with Gasteiger partial charge in [0.15, 0.2) is 5.82 Å². The number of aromatic nitrogens is 1. The zero-order valence-corrected chi connectivity index (χ0v) is 24.6. The van der Waals surface area contributed by atoms with Gasteiger partial charge in [-0.3, -0.25) is 19.3 Å². The van der Waals surface area contributed by atoms with Crippen LogP contribution in [0.5, 0.6) is 17.2 Å². The van der Waals surface area contributed by atoms with Gasteiger partial charge in [0.2, 0.25) is 17.7 Å². The second-order valence-electron chi connectivity index (χ2n) is 10.1. The zero-order valence-electron chi connectivity index (χ0n) is 24.6. The van der Waals surface area contributed by atoms with Crippen molar-refractivity contribution < 1.29 is 33.1 Å². The first kappa shape index (κ1) is 31.0. The van der Waals surface area contributed by atoms with E-state index < -0.39 is 29.3 Å². The highest BCUT2D eigenvalue weighted by molar-refractivity contribution is 6.04. The fourth-order valence-corrected chi connectivity index (χ4v) is 4.07. The van der Waals surface area contributed by atoms with E-state index in [2.05, 4.69) is 15.8 Å². The van der Waals surface area contributed by atoms with Gasteiger partial charge in [0.05, 0.1) is 27.0 Å². The molecule has 0 aliphatic carbocycles. The normalized spacial score (nSPS) is 11.8. The molecule has 11 nitrogen and oxygen atoms in total. The Hall–Kier alpha value is -4.54. The smallest absolute Gasteiger partial charge is 0.248 e. The molecule has 0 spiro atoms. The van der Waals surface area contributed by atoms with Crippen molar-refractivity contribution >= 4 is 29.2 Å². The molecule has 3 amide bonds. The van der Waals surface area contributed by atoms with Crippen molar-refractivity contribution in [3.63, 3.8) is 0 Å². The van der Waals surface area contributed by atoms with Gasteiger partial charge in [-0.05, 0) is 57.0 Å². The first-order valence-corrected chi connectivity index (χ1v) is 13.2. The Bertz CT molecular complexity index is 1350. The molecule has 0 saturated heterocycles. The number of hydrogen-bond donors (Lipinski definition) is 2. The van der Waals surface area contributed by atoms with Crippen molar-refractivity contribution in [2.45, 2.75) is 58.5 Å². The molecule has 41 heavy (non-hydrogen) atoms. The topological polar surface area (TPSA) is 132 Å². The minimum Gasteiger partial charge on any atom is -0.497 e. The fraction of sp³-hybridized carbons (Fsp3) is 0.400. The number of nitrogens with zero attached hydrogens (tertiary/aromatic N) is 2. The minimum atomic E-state index is -1.11. The maximum atomic E-state index is 14.1. The SMILES string of the molecule is CCC(C)(C)NC(=O)[C@@H](c1ccc(OC)cc1)N(C(=O)CCC(=O)Nc1cc(C)on1)c1cc(OC)ccc1OC. The first-order valence-electron chi connectivity index (χ1n) is 13.2. The van der Waals surface area contributed by atoms with Crippen LogP contribution in [0.25, 0.3) is 0 Å². The van der Waals surface area contributed by atoms with Crippen LogP contribution < -0.4 is 29.7 Å². The molecule has 2 aromatic carbocycles. The second-order valence-corrected chi connectivity index (χ2v) is 10.1. The van der Waals surface area contributed by atoms with E-state index in [4.69, 9.17) is 18.7 Å². The average Bonchev–Trinajstić information content (AvgIpc) is 3.37. The van der Waals surface area contributed by atoms with Crippen LogP contribution in [0.1, 0.15) is 57.4 Å². The maximum Gasteiger partial charge on any atom is 0.248 e. The molecule has 1 atom stereocenters. The lowest BCUT2D eigenvalue weighted by Crippen LogP contribution is -2.50. The van der Waals surface area contributed by atoms with E-state index in [0.717, 1.165) is 0 Å². The Morgan fingerprint density at radius 3 is 2.17 bits per heavy atom. The molecule has 0 aliphatic rings. The maximum absolute atomic E-state index is 14.1. The number of anilines is 2. The van der Waals surface area contributed by atoms with E-state index >= 15 is 0 Å². The lowest BCUT2D eigenvalue weighted by atomic mass is 9.97. The third kappa shape index (κ3) is 8.00. The van der Waals surface area contributed by atoms with Crippen molar-refractivity contribution in [1.82, 2.24) is 10.5 Å². The second kappa shape index (κ2) is 13.7. The van der Waals surface area contributed by atoms with Gasteiger partial charge in [-0.25, -0.2) is 0 Å². The number of carbonyl (C=O) groups excluding carboxylic acids is 3. The van der Waals surface area contributed by atoms with E-state index in [1.54, 1.807) is 62.6 Å². The van der Waals surface area contributed by atoms with Crippen molar-refractivity contribution in [3.05, 3.63) is 59.9 Å². The number of nitrogens with one attached hydrogen (secondary N) is 2. The summed E-state index contributed by atoms with van der Waals surface area (Å²) in [5.74, 6) is 0.888. The van der Waals surface area contributed by atoms with Crippen LogP contribution in [0, 0.1) is 6.92 Å². The molecule has 11 heteroatoms. The lowest BCUT2D eigenvalue weighted by molar-refractivity contribution is -0.128. The largest absolute Gasteiger partial charge is 0.497 e. The van der Waals surface area contributed by atoms with Crippen LogP contribution in [-0.4, -0.2) is 49.7 Å². The summed E-state index contributed by atoms with van der Waals surface area (Å²) in [5, 5.41) is 9.45. The quantitative estimate of drug-likeness (QED) is 0.301. The Balaban J connectivity index is 2.08. The van der Waals surface area contributed by atoms with Gasteiger partial charge >= 0.3 is 0 Å². The summed E-state index contributed by atoms with van der Waals surface area (Å²) >= 11 is 0. The van der Waals surface area contributed by atoms with Gasteiger partial charge in [0.1, 0.15) is 29.1 Å². The Morgan fingerprint density at radius 1 is 0.951 bits per heavy atom. The third-order valence-electron chi connectivity index (χ3n) is 6.66. The predicted molar refractivity (Wildman–Crippen MR) is 154 cm³/mol. The van der Waals surface area contributed by atoms with Crippen LogP contribution in [0.4, 0.5) is 11.5 Å². The molecule has 0 fully saturated rings. The van der Waals surface area contributed by atoms with E-state index in [0.29, 0.717) is 40.7 Å². The lowest BCUT2D eigenvalue weighted by Gasteiger charge is -2.35. The van der Waals surface area contributed by atoms with Crippen LogP contribution in [-0.2, 0) is 14.4 Å². The molecule has 0 unspecified atom stereocenters. The standard InChI is InChI=1S/C30H38N4O7/c1-8-30(3,4)32-29(37)28(20-9-11-21(38-5)12-10-20)34(23-18-22(39-6)13-14-24(23)40-7)27(36)16-15-26(35)31-25-17-19(2)41-33-25/h9-14,17-18,28H,8,15-16H2,1-7H3,(H,32,37)(H,31,33,35)/t28-/m1/s1. The number of aryl methyl sites for hydroxylation is 1. The molecule has 3 aromatic rings. The Kier molecular flexibility index (Phi) is 10.3. The monoisotopic (exact) mass is 566 g/mol. The van der Waals surface area contributed by atoms with Crippen LogP contribution in [0.15, 0.2) is 53.1 Å². The highest BCUT2D eigenvalue weighted by atomic mass is 16.5. The van der Waals surface area contributed by atoms with Crippen molar-refractivity contribution in [2.24, 2.45) is 0 Å². The molecule has 0 saturated carbocycles. The van der Waals surface area contributed by atoms with Gasteiger partial charge in [-0.1, -0.05) is 24.2 Å².